The molecule has 0 unspecified atom stereocenters. The summed E-state index contributed by atoms with van der Waals surface area (Å²) in [7, 11) is 0. The smallest absolute Gasteiger partial charge is 0.338 e. The highest BCUT2D eigenvalue weighted by Crippen LogP contribution is 2.11. The molecular formula is C16H26O4. The minimum absolute atomic E-state index is 0.210. The van der Waals surface area contributed by atoms with Gasteiger partial charge in [-0.05, 0) is 37.8 Å². The normalized spacial score (nSPS) is 11.2. The topological polar surface area (TPSA) is 70.7 Å². The zero-order valence-electron chi connectivity index (χ0n) is 12.1. The first-order valence-corrected chi connectivity index (χ1v) is 7.63. The number of aliphatic hydroxyl groups is 2. The van der Waals surface area contributed by atoms with Gasteiger partial charge in [-0.25, -0.2) is 4.79 Å². The van der Waals surface area contributed by atoms with Crippen LogP contribution >= 0.6 is 0 Å². The lowest BCUT2D eigenvalue weighted by Gasteiger charge is -2.03. The Balaban J connectivity index is 1.90. The van der Waals surface area contributed by atoms with Gasteiger partial charge in [0.25, 0.3) is 0 Å². The molecule has 1 aromatic heterocycles. The van der Waals surface area contributed by atoms with E-state index < -0.39 is 6.29 Å². The number of hydrogen-bond donors (Lipinski definition) is 2. The van der Waals surface area contributed by atoms with Crippen LogP contribution in [0.15, 0.2) is 27.6 Å². The van der Waals surface area contributed by atoms with Gasteiger partial charge in [-0.2, -0.15) is 0 Å². The molecule has 2 N–H and O–H groups in total. The van der Waals surface area contributed by atoms with Crippen LogP contribution in [0.5, 0.6) is 0 Å². The van der Waals surface area contributed by atoms with E-state index in [1.54, 1.807) is 6.07 Å². The number of aliphatic hydroxyl groups excluding tert-OH is 1. The van der Waals surface area contributed by atoms with E-state index in [0.717, 1.165) is 44.1 Å². The molecule has 0 aliphatic heterocycles. The van der Waals surface area contributed by atoms with E-state index in [4.69, 9.17) is 14.6 Å². The molecule has 1 aromatic rings. The quantitative estimate of drug-likeness (QED) is 0.483. The van der Waals surface area contributed by atoms with E-state index in [9.17, 15) is 4.79 Å². The van der Waals surface area contributed by atoms with Crippen LogP contribution in [-0.4, -0.2) is 16.5 Å². The molecule has 0 aliphatic rings. The minimum Gasteiger partial charge on any atom is -0.431 e. The standard InChI is InChI=1S/C16H26O4/c17-15(18)12-8-6-4-2-1-3-5-7-10-14-11-9-13-20-16(14)19/h9,11,13,15,17-18H,1-8,10,12H2. The molecule has 0 bridgehead atoms. The van der Waals surface area contributed by atoms with Gasteiger partial charge in [0.15, 0.2) is 6.29 Å². The Bertz CT molecular complexity index is 397. The van der Waals surface area contributed by atoms with E-state index in [2.05, 4.69) is 0 Å². The number of aryl methyl sites for hydroxylation is 1. The molecule has 0 amide bonds. The van der Waals surface area contributed by atoms with Crippen LogP contribution in [0.4, 0.5) is 0 Å². The van der Waals surface area contributed by atoms with Gasteiger partial charge in [-0.1, -0.05) is 38.5 Å². The van der Waals surface area contributed by atoms with Crippen molar-refractivity contribution in [3.8, 4) is 0 Å². The molecule has 0 saturated heterocycles. The molecule has 20 heavy (non-hydrogen) atoms. The van der Waals surface area contributed by atoms with Crippen molar-refractivity contribution >= 4 is 0 Å². The second-order valence-electron chi connectivity index (χ2n) is 5.27. The zero-order chi connectivity index (χ0) is 14.6. The van der Waals surface area contributed by atoms with Crippen molar-refractivity contribution < 1.29 is 14.6 Å². The third-order valence-electron chi connectivity index (χ3n) is 3.47. The molecule has 1 rings (SSSR count). The van der Waals surface area contributed by atoms with Crippen LogP contribution in [0.2, 0.25) is 0 Å². The third kappa shape index (κ3) is 8.12. The first-order chi connectivity index (χ1) is 9.70. The molecule has 0 spiro atoms. The van der Waals surface area contributed by atoms with E-state index in [0.29, 0.717) is 6.42 Å². The fourth-order valence-electron chi connectivity index (χ4n) is 2.29. The highest BCUT2D eigenvalue weighted by molar-refractivity contribution is 5.06. The average Bonchev–Trinajstić information content (AvgIpc) is 2.42. The van der Waals surface area contributed by atoms with Crippen LogP contribution in [0.25, 0.3) is 0 Å². The lowest BCUT2D eigenvalue weighted by molar-refractivity contribution is -0.0466. The lowest BCUT2D eigenvalue weighted by atomic mass is 10.0. The Hall–Kier alpha value is -1.13. The fourth-order valence-corrected chi connectivity index (χ4v) is 2.29. The zero-order valence-corrected chi connectivity index (χ0v) is 12.1. The molecule has 0 aliphatic carbocycles. The summed E-state index contributed by atoms with van der Waals surface area (Å²) in [6.45, 7) is 0. The summed E-state index contributed by atoms with van der Waals surface area (Å²) in [5, 5.41) is 17.4. The van der Waals surface area contributed by atoms with Gasteiger partial charge in [-0.3, -0.25) is 0 Å². The van der Waals surface area contributed by atoms with E-state index in [1.807, 2.05) is 6.07 Å². The van der Waals surface area contributed by atoms with Gasteiger partial charge in [0.2, 0.25) is 0 Å². The summed E-state index contributed by atoms with van der Waals surface area (Å²) in [4.78, 5) is 11.3. The summed E-state index contributed by atoms with van der Waals surface area (Å²) in [6, 6.07) is 3.60. The molecule has 114 valence electrons. The highest BCUT2D eigenvalue weighted by Gasteiger charge is 2.00. The van der Waals surface area contributed by atoms with Crippen LogP contribution in [-0.2, 0) is 6.42 Å². The summed E-state index contributed by atoms with van der Waals surface area (Å²) in [5.41, 5.74) is 0.564. The molecule has 0 fully saturated rings. The Morgan fingerprint density at radius 3 is 2.15 bits per heavy atom. The molecule has 0 radical (unpaired) electrons. The lowest BCUT2D eigenvalue weighted by Crippen LogP contribution is -2.05. The van der Waals surface area contributed by atoms with Crippen LogP contribution in [0, 0.1) is 0 Å². The van der Waals surface area contributed by atoms with E-state index in [-0.39, 0.29) is 5.63 Å². The summed E-state index contributed by atoms with van der Waals surface area (Å²) in [5.74, 6) is 0. The number of hydrogen-bond acceptors (Lipinski definition) is 4. The molecule has 0 saturated carbocycles. The second-order valence-corrected chi connectivity index (χ2v) is 5.27. The molecule has 1 heterocycles. The summed E-state index contributed by atoms with van der Waals surface area (Å²) in [6.07, 6.45) is 10.5. The summed E-state index contributed by atoms with van der Waals surface area (Å²) >= 11 is 0. The van der Waals surface area contributed by atoms with E-state index >= 15 is 0 Å². The summed E-state index contributed by atoms with van der Waals surface area (Å²) < 4.78 is 4.82. The van der Waals surface area contributed by atoms with Crippen molar-refractivity contribution in [2.24, 2.45) is 0 Å². The Kier molecular flexibility index (Phi) is 9.00. The predicted octanol–water partition coefficient (Wildman–Crippen LogP) is 3.00. The maximum absolute atomic E-state index is 11.3. The van der Waals surface area contributed by atoms with Crippen molar-refractivity contribution in [3.63, 3.8) is 0 Å². The predicted molar refractivity (Wildman–Crippen MR) is 78.5 cm³/mol. The van der Waals surface area contributed by atoms with Crippen LogP contribution in [0.1, 0.15) is 63.4 Å². The maximum atomic E-state index is 11.3. The number of unbranched alkanes of at least 4 members (excludes halogenated alkanes) is 7. The molecule has 4 nitrogen and oxygen atoms in total. The monoisotopic (exact) mass is 282 g/mol. The van der Waals surface area contributed by atoms with Crippen molar-refractivity contribution in [2.75, 3.05) is 0 Å². The minimum atomic E-state index is -1.15. The van der Waals surface area contributed by atoms with Crippen LogP contribution in [0.3, 0.4) is 0 Å². The maximum Gasteiger partial charge on any atom is 0.338 e. The molecule has 0 atom stereocenters. The number of rotatable bonds is 11. The first kappa shape index (κ1) is 16.9. The Morgan fingerprint density at radius 2 is 1.55 bits per heavy atom. The first-order valence-electron chi connectivity index (χ1n) is 7.63. The van der Waals surface area contributed by atoms with Crippen molar-refractivity contribution in [1.82, 2.24) is 0 Å². The highest BCUT2D eigenvalue weighted by atomic mass is 16.5. The Labute approximate surface area is 120 Å². The molecule has 4 heteroatoms. The Morgan fingerprint density at radius 1 is 0.950 bits per heavy atom. The SMILES string of the molecule is O=c1occcc1CCCCCCCCCCC(O)O. The average molecular weight is 282 g/mol. The van der Waals surface area contributed by atoms with Crippen molar-refractivity contribution in [3.05, 3.63) is 34.4 Å². The molecular weight excluding hydrogens is 256 g/mol. The van der Waals surface area contributed by atoms with E-state index in [1.165, 1.54) is 25.5 Å². The molecule has 0 aromatic carbocycles. The van der Waals surface area contributed by atoms with Crippen molar-refractivity contribution in [1.29, 1.82) is 0 Å². The van der Waals surface area contributed by atoms with Gasteiger partial charge in [-0.15, -0.1) is 0 Å². The van der Waals surface area contributed by atoms with Gasteiger partial charge in [0.1, 0.15) is 0 Å². The van der Waals surface area contributed by atoms with Crippen molar-refractivity contribution in [2.45, 2.75) is 70.5 Å². The van der Waals surface area contributed by atoms with Gasteiger partial charge < -0.3 is 14.6 Å². The largest absolute Gasteiger partial charge is 0.431 e. The second kappa shape index (κ2) is 10.6. The van der Waals surface area contributed by atoms with Crippen LogP contribution < -0.4 is 5.63 Å². The third-order valence-corrected chi connectivity index (χ3v) is 3.47. The van der Waals surface area contributed by atoms with Gasteiger partial charge >= 0.3 is 5.63 Å². The van der Waals surface area contributed by atoms with Gasteiger partial charge in [0, 0.05) is 5.56 Å². The fraction of sp³-hybridized carbons (Fsp3) is 0.688. The van der Waals surface area contributed by atoms with Gasteiger partial charge in [0.05, 0.1) is 6.26 Å².